The van der Waals surface area contributed by atoms with Crippen LogP contribution in [0.3, 0.4) is 0 Å². The zero-order chi connectivity index (χ0) is 49.1. The highest BCUT2D eigenvalue weighted by molar-refractivity contribution is 6.31. The summed E-state index contributed by atoms with van der Waals surface area (Å²) in [5.41, 5.74) is 0.456. The Morgan fingerprint density at radius 3 is 2.34 bits per heavy atom. The van der Waals surface area contributed by atoms with Crippen molar-refractivity contribution in [3.8, 4) is 0 Å². The molecule has 5 amide bonds. The molecule has 5 N–H and O–H groups in total. The largest absolute Gasteiger partial charge is 0.480 e. The van der Waals surface area contributed by atoms with Gasteiger partial charge in [-0.15, -0.1) is 0 Å². The fourth-order valence-electron chi connectivity index (χ4n) is 12.9. The van der Waals surface area contributed by atoms with Crippen LogP contribution in [0, 0.1) is 11.7 Å². The molecule has 3 saturated heterocycles. The summed E-state index contributed by atoms with van der Waals surface area (Å²) in [4.78, 5) is 97.3. The number of halogens is 3. The van der Waals surface area contributed by atoms with Crippen LogP contribution in [0.2, 0.25) is 10.0 Å². The Morgan fingerprint density at radius 1 is 0.857 bits per heavy atom. The van der Waals surface area contributed by atoms with Crippen LogP contribution in [0.4, 0.5) is 10.1 Å². The van der Waals surface area contributed by atoms with Gasteiger partial charge >= 0.3 is 11.7 Å². The van der Waals surface area contributed by atoms with E-state index in [-0.39, 0.29) is 53.1 Å². The minimum atomic E-state index is -1.32. The molecule has 0 radical (unpaired) electrons. The van der Waals surface area contributed by atoms with Crippen LogP contribution >= 0.6 is 23.2 Å². The molecule has 2 spiro atoms. The highest BCUT2D eigenvalue weighted by Gasteiger charge is 2.72. The number of hydrogen-bond donors (Lipinski definition) is 5. The van der Waals surface area contributed by atoms with E-state index in [4.69, 9.17) is 23.2 Å². The van der Waals surface area contributed by atoms with E-state index in [9.17, 15) is 38.7 Å². The fraction of sp³-hybridized carbons (Fsp3) is 0.510. The molecular formula is C51H57Cl2FN8O8. The predicted molar refractivity (Wildman–Crippen MR) is 259 cm³/mol. The van der Waals surface area contributed by atoms with E-state index in [0.717, 1.165) is 42.4 Å². The summed E-state index contributed by atoms with van der Waals surface area (Å²) < 4.78 is 18.8. The molecule has 16 nitrogen and oxygen atoms in total. The molecule has 4 aromatic rings. The van der Waals surface area contributed by atoms with E-state index in [1.165, 1.54) is 10.6 Å². The molecule has 3 aromatic carbocycles. The Hall–Kier alpha value is -5.62. The molecule has 70 heavy (non-hydrogen) atoms. The maximum atomic E-state index is 16.4. The van der Waals surface area contributed by atoms with E-state index >= 15 is 4.39 Å². The zero-order valence-corrected chi connectivity index (χ0v) is 40.3. The molecule has 4 aliphatic heterocycles. The SMILES string of the molecule is O=C(O)Cn1c(=O)n(C2CCC(=O)NC2=O)c2ccc(CCCN3CCN(C(=O)C4CCC(NC(=O)[C@@H]5NC6(CCCCC6)[C@@]6(C(=O)Nc7cc(Cl)ccc76)[C@H]5c5cccc(Cl)c5F)CC4)CC3)cc21. The van der Waals surface area contributed by atoms with Gasteiger partial charge < -0.3 is 20.6 Å². The van der Waals surface area contributed by atoms with Crippen molar-refractivity contribution in [1.29, 1.82) is 0 Å². The standard InChI is InChI=1S/C51H57Cl2FN8O8/c52-31-12-15-34-36(27-31)56-48(69)51(34)42(33-7-4-8-35(53)43(33)54)44(58-50(51)19-2-1-3-20-50)46(67)55-32-13-10-30(11-14-32)47(68)60-24-22-59(23-25-60)21-5-6-29-9-16-37-39(26-29)61(28-41(64)65)49(70)62(37)38-17-18-40(63)57-45(38)66/h4,7-9,12,15-16,26-27,30,32,38,42,44,58H,1-3,5-6,10-11,13-14,17-25,28H2,(H,55,67)(H,56,69)(H,64,65)(H,57,63,66)/t30?,32?,38?,42-,44+,51+/m0/s1. The van der Waals surface area contributed by atoms with Crippen molar-refractivity contribution in [2.45, 2.75) is 125 Å². The summed E-state index contributed by atoms with van der Waals surface area (Å²) >= 11 is 12.9. The van der Waals surface area contributed by atoms with Crippen LogP contribution in [-0.4, -0.2) is 110 Å². The summed E-state index contributed by atoms with van der Waals surface area (Å²) in [6.07, 6.45) is 8.01. The number of amides is 5. The number of carboxylic acids is 1. The number of fused-ring (bicyclic) bond motifs is 4. The first-order chi connectivity index (χ1) is 33.7. The molecule has 5 heterocycles. The summed E-state index contributed by atoms with van der Waals surface area (Å²) in [6, 6.07) is 13.4. The molecule has 2 aliphatic carbocycles. The number of piperazine rings is 1. The normalized spacial score (nSPS) is 26.6. The average molecular weight is 1000 g/mol. The third-order valence-electron chi connectivity index (χ3n) is 16.2. The van der Waals surface area contributed by atoms with E-state index < -0.39 is 64.8 Å². The maximum Gasteiger partial charge on any atom is 0.330 e. The van der Waals surface area contributed by atoms with Gasteiger partial charge in [-0.1, -0.05) is 66.7 Å². The van der Waals surface area contributed by atoms with E-state index in [2.05, 4.69) is 26.2 Å². The quantitative estimate of drug-likeness (QED) is 0.121. The lowest BCUT2D eigenvalue weighted by atomic mass is 9.55. The molecule has 19 heteroatoms. The van der Waals surface area contributed by atoms with Crippen molar-refractivity contribution in [3.05, 3.63) is 97.6 Å². The Bertz CT molecular complexity index is 2850. The number of nitrogens with one attached hydrogen (secondary N) is 4. The molecule has 1 aromatic heterocycles. The average Bonchev–Trinajstić information content (AvgIpc) is 3.90. The number of rotatable bonds is 11. The molecule has 5 fully saturated rings. The molecule has 4 atom stereocenters. The Morgan fingerprint density at radius 2 is 1.61 bits per heavy atom. The molecular weight excluding hydrogens is 943 g/mol. The van der Waals surface area contributed by atoms with Gasteiger partial charge in [0, 0.05) is 66.7 Å². The second-order valence-electron chi connectivity index (χ2n) is 20.1. The van der Waals surface area contributed by atoms with E-state index in [0.29, 0.717) is 98.4 Å². The van der Waals surface area contributed by atoms with Gasteiger partial charge in [-0.3, -0.25) is 53.4 Å². The number of nitrogens with zero attached hydrogens (tertiary/aromatic N) is 4. The molecule has 0 bridgehead atoms. The number of carboxylic acid groups (broad SMARTS) is 1. The fourth-order valence-corrected chi connectivity index (χ4v) is 13.3. The number of carbonyl (C=O) groups excluding carboxylic acids is 5. The van der Waals surface area contributed by atoms with E-state index in [1.807, 2.05) is 17.0 Å². The van der Waals surface area contributed by atoms with Crippen LogP contribution in [-0.2, 0) is 47.1 Å². The summed E-state index contributed by atoms with van der Waals surface area (Å²) in [5.74, 6) is -4.41. The molecule has 1 unspecified atom stereocenters. The topological polar surface area (TPSA) is 204 Å². The van der Waals surface area contributed by atoms with Gasteiger partial charge in [-0.2, -0.15) is 0 Å². The number of anilines is 1. The first-order valence-corrected chi connectivity index (χ1v) is 25.4. The summed E-state index contributed by atoms with van der Waals surface area (Å²) in [6.45, 7) is 2.83. The molecule has 10 rings (SSSR count). The smallest absolute Gasteiger partial charge is 0.330 e. The molecule has 6 aliphatic rings. The zero-order valence-electron chi connectivity index (χ0n) is 38.7. The third-order valence-corrected chi connectivity index (χ3v) is 16.7. The van der Waals surface area contributed by atoms with Gasteiger partial charge in [-0.25, -0.2) is 9.18 Å². The van der Waals surface area contributed by atoms with Crippen LogP contribution in [0.1, 0.15) is 106 Å². The number of aliphatic carboxylic acids is 1. The van der Waals surface area contributed by atoms with Crippen LogP contribution in [0.15, 0.2) is 59.4 Å². The van der Waals surface area contributed by atoms with Crippen molar-refractivity contribution >= 4 is 75.4 Å². The van der Waals surface area contributed by atoms with Crippen LogP contribution < -0.4 is 27.0 Å². The molecule has 2 saturated carbocycles. The molecule has 370 valence electrons. The van der Waals surface area contributed by atoms with Crippen LogP contribution in [0.5, 0.6) is 0 Å². The highest BCUT2D eigenvalue weighted by atomic mass is 35.5. The van der Waals surface area contributed by atoms with Crippen molar-refractivity contribution in [1.82, 2.24) is 34.9 Å². The number of carbonyl (C=O) groups is 6. The Kier molecular flexibility index (Phi) is 13.2. The van der Waals surface area contributed by atoms with Crippen LogP contribution in [0.25, 0.3) is 11.0 Å². The minimum absolute atomic E-state index is 0.0779. The van der Waals surface area contributed by atoms with Crippen molar-refractivity contribution in [2.75, 3.05) is 38.0 Å². The maximum absolute atomic E-state index is 16.4. The van der Waals surface area contributed by atoms with Crippen molar-refractivity contribution in [2.24, 2.45) is 5.92 Å². The number of benzene rings is 3. The summed E-state index contributed by atoms with van der Waals surface area (Å²) in [7, 11) is 0. The number of imide groups is 1. The lowest BCUT2D eigenvalue weighted by Gasteiger charge is -2.47. The highest BCUT2D eigenvalue weighted by Crippen LogP contribution is 2.63. The number of hydrogen-bond acceptors (Lipinski definition) is 9. The third kappa shape index (κ3) is 8.39. The predicted octanol–water partition coefficient (Wildman–Crippen LogP) is 5.41. The monoisotopic (exact) mass is 998 g/mol. The Balaban J connectivity index is 0.754. The van der Waals surface area contributed by atoms with E-state index in [1.54, 1.807) is 36.4 Å². The van der Waals surface area contributed by atoms with Crippen molar-refractivity contribution in [3.63, 3.8) is 0 Å². The second kappa shape index (κ2) is 19.2. The number of imidazole rings is 1. The first-order valence-electron chi connectivity index (χ1n) is 24.6. The van der Waals surface area contributed by atoms with Gasteiger partial charge in [0.1, 0.15) is 23.8 Å². The van der Waals surface area contributed by atoms with Gasteiger partial charge in [0.25, 0.3) is 0 Å². The number of piperidine rings is 1. The minimum Gasteiger partial charge on any atom is -0.480 e. The van der Waals surface area contributed by atoms with Gasteiger partial charge in [-0.05, 0) is 111 Å². The Labute approximate surface area is 413 Å². The summed E-state index contributed by atoms with van der Waals surface area (Å²) in [5, 5.41) is 22.3. The van der Waals surface area contributed by atoms with Gasteiger partial charge in [0.05, 0.1) is 22.1 Å². The first kappa shape index (κ1) is 48.0. The van der Waals surface area contributed by atoms with Gasteiger partial charge in [0.2, 0.25) is 29.5 Å². The lowest BCUT2D eigenvalue weighted by Crippen LogP contribution is -2.60. The van der Waals surface area contributed by atoms with Gasteiger partial charge in [0.15, 0.2) is 0 Å². The number of aromatic nitrogens is 2. The van der Waals surface area contributed by atoms with Crippen molar-refractivity contribution < 1.29 is 38.3 Å². The lowest BCUT2D eigenvalue weighted by molar-refractivity contribution is -0.139. The second-order valence-corrected chi connectivity index (χ2v) is 20.9. The number of aryl methyl sites for hydroxylation is 1.